The lowest BCUT2D eigenvalue weighted by Crippen LogP contribution is -2.34. The molecule has 0 fully saturated rings. The minimum Gasteiger partial charge on any atom is -0.391 e. The highest BCUT2D eigenvalue weighted by atomic mass is 127. The molecule has 0 spiro atoms. The Morgan fingerprint density at radius 1 is 1.00 bits per heavy atom. The van der Waals surface area contributed by atoms with Gasteiger partial charge in [0.05, 0.1) is 12.6 Å². The third kappa shape index (κ3) is 7.99. The number of aliphatic hydroxyl groups excluding tert-OH is 1. The van der Waals surface area contributed by atoms with Crippen LogP contribution in [0.15, 0.2) is 65.7 Å². The number of nitrogens with zero attached hydrogens (tertiary/aromatic N) is 1. The van der Waals surface area contributed by atoms with E-state index in [0.717, 1.165) is 18.5 Å². The first-order chi connectivity index (χ1) is 10.7. The number of halogens is 1. The lowest BCUT2D eigenvalue weighted by atomic mass is 10.1. The average molecular weight is 425 g/mol. The molecule has 124 valence electrons. The SMILES string of the molecule is I.NC(=NCC(O)Cc1ccccc1)NCCc1ccccc1. The van der Waals surface area contributed by atoms with Gasteiger partial charge in [0.25, 0.3) is 0 Å². The Kier molecular flexibility index (Phi) is 9.31. The molecule has 0 aromatic heterocycles. The van der Waals surface area contributed by atoms with Crippen LogP contribution in [0, 0.1) is 0 Å². The predicted octanol–water partition coefficient (Wildman–Crippen LogP) is 2.36. The van der Waals surface area contributed by atoms with Gasteiger partial charge in [-0.05, 0) is 17.5 Å². The van der Waals surface area contributed by atoms with Crippen LogP contribution in [-0.2, 0) is 12.8 Å². The standard InChI is InChI=1S/C18H23N3O.HI/c19-18(20-12-11-15-7-3-1-4-8-15)21-14-17(22)13-16-9-5-2-6-10-16;/h1-10,17,22H,11-14H2,(H3,19,20,21);1H. The molecule has 5 heteroatoms. The Morgan fingerprint density at radius 2 is 1.57 bits per heavy atom. The second-order valence-electron chi connectivity index (χ2n) is 5.23. The summed E-state index contributed by atoms with van der Waals surface area (Å²) in [5.41, 5.74) is 8.16. The summed E-state index contributed by atoms with van der Waals surface area (Å²) < 4.78 is 0. The summed E-state index contributed by atoms with van der Waals surface area (Å²) in [7, 11) is 0. The van der Waals surface area contributed by atoms with Crippen LogP contribution >= 0.6 is 24.0 Å². The lowest BCUT2D eigenvalue weighted by molar-refractivity contribution is 0.184. The third-order valence-corrected chi connectivity index (χ3v) is 3.35. The van der Waals surface area contributed by atoms with E-state index < -0.39 is 6.10 Å². The molecule has 0 saturated heterocycles. The van der Waals surface area contributed by atoms with Crippen LogP contribution in [-0.4, -0.2) is 30.3 Å². The van der Waals surface area contributed by atoms with Gasteiger partial charge in [0.15, 0.2) is 5.96 Å². The van der Waals surface area contributed by atoms with Gasteiger partial charge in [-0.2, -0.15) is 0 Å². The molecule has 1 unspecified atom stereocenters. The van der Waals surface area contributed by atoms with Crippen molar-refractivity contribution in [1.29, 1.82) is 0 Å². The number of hydrogen-bond acceptors (Lipinski definition) is 2. The maximum absolute atomic E-state index is 9.96. The van der Waals surface area contributed by atoms with Crippen molar-refractivity contribution in [2.24, 2.45) is 10.7 Å². The summed E-state index contributed by atoms with van der Waals surface area (Å²) in [6.45, 7) is 1.03. The molecule has 0 aliphatic carbocycles. The summed E-state index contributed by atoms with van der Waals surface area (Å²) in [5, 5.41) is 13.0. The monoisotopic (exact) mass is 425 g/mol. The molecule has 4 nitrogen and oxygen atoms in total. The predicted molar refractivity (Wildman–Crippen MR) is 106 cm³/mol. The molecule has 0 saturated carbocycles. The second-order valence-corrected chi connectivity index (χ2v) is 5.23. The molecule has 4 N–H and O–H groups in total. The van der Waals surface area contributed by atoms with Gasteiger partial charge in [0.2, 0.25) is 0 Å². The Labute approximate surface area is 154 Å². The first-order valence-electron chi connectivity index (χ1n) is 7.54. The first kappa shape index (κ1) is 19.4. The number of nitrogens with two attached hydrogens (primary N) is 1. The normalized spacial score (nSPS) is 12.3. The minimum atomic E-state index is -0.517. The summed E-state index contributed by atoms with van der Waals surface area (Å²) >= 11 is 0. The van der Waals surface area contributed by atoms with Crippen LogP contribution < -0.4 is 11.1 Å². The number of aliphatic imine (C=N–C) groups is 1. The van der Waals surface area contributed by atoms with Gasteiger partial charge in [-0.3, -0.25) is 4.99 Å². The average Bonchev–Trinajstić information content (AvgIpc) is 2.55. The molecule has 0 heterocycles. The van der Waals surface area contributed by atoms with Crippen LogP contribution in [0.5, 0.6) is 0 Å². The maximum atomic E-state index is 9.96. The topological polar surface area (TPSA) is 70.6 Å². The molecule has 23 heavy (non-hydrogen) atoms. The van der Waals surface area contributed by atoms with Crippen molar-refractivity contribution in [3.05, 3.63) is 71.8 Å². The van der Waals surface area contributed by atoms with Gasteiger partial charge in [0.1, 0.15) is 0 Å². The van der Waals surface area contributed by atoms with Gasteiger partial charge >= 0.3 is 0 Å². The summed E-state index contributed by atoms with van der Waals surface area (Å²) in [6, 6.07) is 20.1. The zero-order chi connectivity index (χ0) is 15.6. The summed E-state index contributed by atoms with van der Waals surface area (Å²) in [6.07, 6.45) is 0.961. The fourth-order valence-corrected chi connectivity index (χ4v) is 2.19. The van der Waals surface area contributed by atoms with Gasteiger partial charge in [0, 0.05) is 13.0 Å². The van der Waals surface area contributed by atoms with E-state index in [1.807, 2.05) is 48.5 Å². The molecule has 0 amide bonds. The van der Waals surface area contributed by atoms with E-state index in [1.54, 1.807) is 0 Å². The largest absolute Gasteiger partial charge is 0.391 e. The van der Waals surface area contributed by atoms with Crippen LogP contribution in [0.1, 0.15) is 11.1 Å². The fraction of sp³-hybridized carbons (Fsp3) is 0.278. The molecule has 2 aromatic carbocycles. The Morgan fingerprint density at radius 3 is 2.17 bits per heavy atom. The van der Waals surface area contributed by atoms with E-state index in [2.05, 4.69) is 22.4 Å². The molecule has 2 aromatic rings. The van der Waals surface area contributed by atoms with Crippen molar-refractivity contribution in [1.82, 2.24) is 5.32 Å². The lowest BCUT2D eigenvalue weighted by Gasteiger charge is -2.09. The van der Waals surface area contributed by atoms with Gasteiger partial charge in [-0.25, -0.2) is 0 Å². The fourth-order valence-electron chi connectivity index (χ4n) is 2.19. The Balaban J connectivity index is 0.00000264. The number of aliphatic hydroxyl groups is 1. The highest BCUT2D eigenvalue weighted by Crippen LogP contribution is 2.03. The zero-order valence-electron chi connectivity index (χ0n) is 13.1. The molecule has 0 aliphatic rings. The molecular weight excluding hydrogens is 401 g/mol. The zero-order valence-corrected chi connectivity index (χ0v) is 15.4. The van der Waals surface area contributed by atoms with E-state index in [9.17, 15) is 5.11 Å². The maximum Gasteiger partial charge on any atom is 0.188 e. The van der Waals surface area contributed by atoms with Crippen LogP contribution in [0.4, 0.5) is 0 Å². The van der Waals surface area contributed by atoms with E-state index in [1.165, 1.54) is 5.56 Å². The van der Waals surface area contributed by atoms with Gasteiger partial charge in [-0.1, -0.05) is 60.7 Å². The molecular formula is C18H24IN3O. The second kappa shape index (κ2) is 11.0. The van der Waals surface area contributed by atoms with Crippen molar-refractivity contribution in [3.63, 3.8) is 0 Å². The quantitative estimate of drug-likeness (QED) is 0.363. The van der Waals surface area contributed by atoms with Crippen molar-refractivity contribution in [2.75, 3.05) is 13.1 Å². The first-order valence-corrected chi connectivity index (χ1v) is 7.54. The third-order valence-electron chi connectivity index (χ3n) is 3.35. The number of benzene rings is 2. The molecule has 0 aliphatic heterocycles. The smallest absolute Gasteiger partial charge is 0.188 e. The van der Waals surface area contributed by atoms with E-state index >= 15 is 0 Å². The van der Waals surface area contributed by atoms with Crippen LogP contribution in [0.25, 0.3) is 0 Å². The van der Waals surface area contributed by atoms with E-state index in [4.69, 9.17) is 5.73 Å². The van der Waals surface area contributed by atoms with Crippen molar-refractivity contribution in [3.8, 4) is 0 Å². The minimum absolute atomic E-state index is 0. The molecule has 2 rings (SSSR count). The Hall–Kier alpha value is -1.60. The van der Waals surface area contributed by atoms with E-state index in [-0.39, 0.29) is 24.0 Å². The number of rotatable bonds is 7. The number of guanidine groups is 1. The summed E-state index contributed by atoms with van der Waals surface area (Å²) in [4.78, 5) is 4.18. The van der Waals surface area contributed by atoms with Crippen molar-refractivity contribution in [2.45, 2.75) is 18.9 Å². The van der Waals surface area contributed by atoms with Gasteiger partial charge in [-0.15, -0.1) is 24.0 Å². The number of hydrogen-bond donors (Lipinski definition) is 3. The molecule has 0 bridgehead atoms. The van der Waals surface area contributed by atoms with Crippen LogP contribution in [0.2, 0.25) is 0 Å². The van der Waals surface area contributed by atoms with Crippen molar-refractivity contribution >= 4 is 29.9 Å². The van der Waals surface area contributed by atoms with Crippen molar-refractivity contribution < 1.29 is 5.11 Å². The highest BCUT2D eigenvalue weighted by Gasteiger charge is 2.04. The highest BCUT2D eigenvalue weighted by molar-refractivity contribution is 14.0. The molecule has 0 radical (unpaired) electrons. The Bertz CT molecular complexity index is 575. The number of nitrogens with one attached hydrogen (secondary N) is 1. The van der Waals surface area contributed by atoms with E-state index in [0.29, 0.717) is 18.9 Å². The van der Waals surface area contributed by atoms with Gasteiger partial charge < -0.3 is 16.2 Å². The summed E-state index contributed by atoms with van der Waals surface area (Å²) in [5.74, 6) is 0.378. The molecule has 1 atom stereocenters. The van der Waals surface area contributed by atoms with Crippen LogP contribution in [0.3, 0.4) is 0 Å².